The topological polar surface area (TPSA) is 29.4 Å². The molecule has 0 aliphatic heterocycles. The summed E-state index contributed by atoms with van der Waals surface area (Å²) in [7, 11) is 0. The van der Waals surface area contributed by atoms with Crippen LogP contribution in [0.3, 0.4) is 0 Å². The van der Waals surface area contributed by atoms with Crippen LogP contribution in [0.5, 0.6) is 0 Å². The summed E-state index contributed by atoms with van der Waals surface area (Å²) in [6.45, 7) is 0. The maximum absolute atomic E-state index is 12.0. The summed E-state index contributed by atoms with van der Waals surface area (Å²) in [6, 6.07) is 0. The third-order valence-corrected chi connectivity index (χ3v) is 4.83. The Morgan fingerprint density at radius 2 is 1.60 bits per heavy atom. The minimum absolute atomic E-state index is 0.0778. The van der Waals surface area contributed by atoms with E-state index >= 15 is 0 Å². The molecule has 80 valence electrons. The molecule has 1 amide bonds. The van der Waals surface area contributed by atoms with Crippen molar-refractivity contribution in [2.75, 3.05) is 0 Å². The zero-order valence-corrected chi connectivity index (χ0v) is 10.5. The molecule has 4 aliphatic rings. The van der Waals surface area contributed by atoms with Gasteiger partial charge in [-0.3, -0.25) is 0 Å². The van der Waals surface area contributed by atoms with E-state index in [-0.39, 0.29) is 11.3 Å². The number of nitrogens with zero attached hydrogens (tertiary/aromatic N) is 1. The van der Waals surface area contributed by atoms with Gasteiger partial charge >= 0.3 is 97.7 Å². The van der Waals surface area contributed by atoms with Gasteiger partial charge in [-0.15, -0.1) is 0 Å². The van der Waals surface area contributed by atoms with Gasteiger partial charge in [0.2, 0.25) is 0 Å². The fraction of sp³-hybridized carbons (Fsp3) is 0.833. The van der Waals surface area contributed by atoms with E-state index in [0.29, 0.717) is 0 Å². The molecule has 0 unspecified atom stereocenters. The van der Waals surface area contributed by atoms with Crippen LogP contribution in [0.1, 0.15) is 38.5 Å². The minimum atomic E-state index is -0.0778. The van der Waals surface area contributed by atoms with E-state index in [2.05, 4.69) is 25.3 Å². The fourth-order valence-electron chi connectivity index (χ4n) is 4.53. The normalized spacial score (nSPS) is 46.3. The summed E-state index contributed by atoms with van der Waals surface area (Å²) in [5.41, 5.74) is -0.0778. The molecule has 4 aliphatic carbocycles. The summed E-state index contributed by atoms with van der Waals surface area (Å²) < 4.78 is 2.54. The Balaban J connectivity index is 1.92. The van der Waals surface area contributed by atoms with Crippen LogP contribution in [-0.2, 0) is 4.79 Å². The van der Waals surface area contributed by atoms with Crippen LogP contribution in [0.4, 0.5) is 0 Å². The van der Waals surface area contributed by atoms with Crippen molar-refractivity contribution in [3.63, 3.8) is 0 Å². The first-order valence-electron chi connectivity index (χ1n) is 5.84. The molecule has 4 rings (SSSR count). The van der Waals surface area contributed by atoms with Crippen molar-refractivity contribution in [1.82, 2.24) is 0 Å². The van der Waals surface area contributed by atoms with E-state index in [4.69, 9.17) is 0 Å². The SMILES string of the molecule is O=C(N=C=[Se])C12CC3CC(CC(C3)C1)C2. The molecule has 0 radical (unpaired) electrons. The molecule has 0 N–H and O–H groups in total. The number of rotatable bonds is 1. The number of carbonyl (C=O) groups excluding carboxylic acids is 1. The number of aliphatic imine (C=N–C) groups is 1. The van der Waals surface area contributed by atoms with Gasteiger partial charge in [0.1, 0.15) is 0 Å². The molecule has 4 fully saturated rings. The summed E-state index contributed by atoms with van der Waals surface area (Å²) in [5.74, 6) is 2.55. The maximum atomic E-state index is 12.0. The predicted molar refractivity (Wildman–Crippen MR) is 58.8 cm³/mol. The number of hydrogen-bond donors (Lipinski definition) is 0. The molecule has 0 spiro atoms. The van der Waals surface area contributed by atoms with Gasteiger partial charge in [0.15, 0.2) is 0 Å². The van der Waals surface area contributed by atoms with Gasteiger partial charge < -0.3 is 0 Å². The molecule has 0 aromatic heterocycles. The van der Waals surface area contributed by atoms with Gasteiger partial charge in [-0.2, -0.15) is 0 Å². The third-order valence-electron chi connectivity index (χ3n) is 4.64. The van der Waals surface area contributed by atoms with E-state index in [1.807, 2.05) is 0 Å². The van der Waals surface area contributed by atoms with Crippen LogP contribution < -0.4 is 0 Å². The van der Waals surface area contributed by atoms with Crippen LogP contribution in [0.15, 0.2) is 4.99 Å². The standard InChI is InChI=1S/C12H15NOSe/c14-11(13-7-15)12-4-8-1-9(5-12)3-10(2-8)6-12/h8-10H,1-6H2. The number of carbonyl (C=O) groups is 1. The molecule has 15 heavy (non-hydrogen) atoms. The van der Waals surface area contributed by atoms with E-state index < -0.39 is 0 Å². The Bertz CT molecular complexity index is 321. The van der Waals surface area contributed by atoms with Gasteiger partial charge in [0, 0.05) is 0 Å². The van der Waals surface area contributed by atoms with Crippen molar-refractivity contribution in [3.05, 3.63) is 0 Å². The van der Waals surface area contributed by atoms with E-state index in [0.717, 1.165) is 37.0 Å². The third kappa shape index (κ3) is 1.49. The molecule has 0 aromatic carbocycles. The van der Waals surface area contributed by atoms with Gasteiger partial charge in [0.05, 0.1) is 0 Å². The van der Waals surface area contributed by atoms with Crippen molar-refractivity contribution < 1.29 is 4.79 Å². The monoisotopic (exact) mass is 269 g/mol. The van der Waals surface area contributed by atoms with Crippen LogP contribution in [0.25, 0.3) is 0 Å². The Kier molecular flexibility index (Phi) is 2.24. The second-order valence-corrected chi connectivity index (χ2v) is 6.09. The first-order valence-corrected chi connectivity index (χ1v) is 6.70. The Morgan fingerprint density at radius 3 is 2.00 bits per heavy atom. The average Bonchev–Trinajstić information content (AvgIpc) is 2.15. The summed E-state index contributed by atoms with van der Waals surface area (Å²) >= 11 is 2.57. The van der Waals surface area contributed by atoms with Gasteiger partial charge in [-0.25, -0.2) is 0 Å². The molecule has 0 heterocycles. The van der Waals surface area contributed by atoms with Crippen LogP contribution in [0, 0.1) is 23.2 Å². The molecule has 3 heteroatoms. The summed E-state index contributed by atoms with van der Waals surface area (Å²) in [4.78, 5) is 15.9. The zero-order chi connectivity index (χ0) is 10.5. The van der Waals surface area contributed by atoms with E-state index in [9.17, 15) is 4.79 Å². The molecular formula is C12H15NOSe. The Hall–Kier alpha value is -0.231. The second kappa shape index (κ2) is 3.38. The van der Waals surface area contributed by atoms with Crippen LogP contribution in [-0.4, -0.2) is 26.2 Å². The zero-order valence-electron chi connectivity index (χ0n) is 8.74. The number of amides is 1. The van der Waals surface area contributed by atoms with Crippen molar-refractivity contribution in [2.45, 2.75) is 38.5 Å². The summed E-state index contributed by atoms with van der Waals surface area (Å²) in [6.07, 6.45) is 7.42. The molecule has 0 aromatic rings. The van der Waals surface area contributed by atoms with Gasteiger partial charge in [-0.05, 0) is 0 Å². The average molecular weight is 268 g/mol. The molecule has 0 atom stereocenters. The molecular weight excluding hydrogens is 253 g/mol. The summed E-state index contributed by atoms with van der Waals surface area (Å²) in [5, 5.41) is 0. The Labute approximate surface area is 97.9 Å². The van der Waals surface area contributed by atoms with Gasteiger partial charge in [0.25, 0.3) is 0 Å². The quantitative estimate of drug-likeness (QED) is 0.526. The molecule has 2 nitrogen and oxygen atoms in total. The predicted octanol–water partition coefficient (Wildman–Crippen LogP) is 1.80. The van der Waals surface area contributed by atoms with Crippen LogP contribution >= 0.6 is 0 Å². The molecule has 4 bridgehead atoms. The van der Waals surface area contributed by atoms with Crippen LogP contribution in [0.2, 0.25) is 0 Å². The van der Waals surface area contributed by atoms with Crippen molar-refractivity contribution in [2.24, 2.45) is 28.2 Å². The van der Waals surface area contributed by atoms with Crippen molar-refractivity contribution in [3.8, 4) is 0 Å². The Morgan fingerprint density at radius 1 is 1.13 bits per heavy atom. The second-order valence-electron chi connectivity index (χ2n) is 5.71. The van der Waals surface area contributed by atoms with Gasteiger partial charge in [-0.1, -0.05) is 0 Å². The van der Waals surface area contributed by atoms with E-state index in [1.54, 1.807) is 0 Å². The first kappa shape index (κ1) is 9.96. The van der Waals surface area contributed by atoms with Crippen molar-refractivity contribution in [1.29, 1.82) is 0 Å². The van der Waals surface area contributed by atoms with Crippen molar-refractivity contribution >= 4 is 26.2 Å². The van der Waals surface area contributed by atoms with E-state index in [1.165, 1.54) is 19.3 Å². The molecule has 4 saturated carbocycles. The fourth-order valence-corrected chi connectivity index (χ4v) is 4.71. The molecule has 0 saturated heterocycles. The number of hydrogen-bond acceptors (Lipinski definition) is 1. The first-order chi connectivity index (χ1) is 7.22.